The van der Waals surface area contributed by atoms with Crippen LogP contribution >= 0.6 is 11.6 Å². The zero-order chi connectivity index (χ0) is 13.1. The van der Waals surface area contributed by atoms with Crippen molar-refractivity contribution in [1.82, 2.24) is 0 Å². The predicted molar refractivity (Wildman–Crippen MR) is 62.5 cm³/mol. The molecule has 0 amide bonds. The van der Waals surface area contributed by atoms with Crippen molar-refractivity contribution in [3.05, 3.63) is 29.0 Å². The van der Waals surface area contributed by atoms with Gasteiger partial charge in [0, 0.05) is 0 Å². The third-order valence-corrected chi connectivity index (χ3v) is 2.49. The van der Waals surface area contributed by atoms with Crippen LogP contribution in [0.25, 0.3) is 0 Å². The van der Waals surface area contributed by atoms with Crippen molar-refractivity contribution in [3.8, 4) is 0 Å². The largest absolute Gasteiger partial charge is 0.467 e. The van der Waals surface area contributed by atoms with Crippen LogP contribution in [0.2, 0.25) is 5.02 Å². The molecule has 0 saturated heterocycles. The number of aliphatic hydroxyl groups is 1. The first-order valence-electron chi connectivity index (χ1n) is 4.87. The van der Waals surface area contributed by atoms with Crippen LogP contribution in [0.15, 0.2) is 18.2 Å². The molecule has 1 aromatic carbocycles. The van der Waals surface area contributed by atoms with Crippen molar-refractivity contribution < 1.29 is 19.0 Å². The molecular formula is C11H13ClFNO3. The molecule has 4 nitrogen and oxygen atoms in total. The van der Waals surface area contributed by atoms with Gasteiger partial charge < -0.3 is 15.2 Å². The van der Waals surface area contributed by atoms with E-state index in [0.29, 0.717) is 0 Å². The lowest BCUT2D eigenvalue weighted by atomic mass is 10.1. The lowest BCUT2D eigenvalue weighted by Crippen LogP contribution is -2.42. The van der Waals surface area contributed by atoms with Crippen LogP contribution < -0.4 is 5.32 Å². The van der Waals surface area contributed by atoms with E-state index in [1.54, 1.807) is 6.07 Å². The van der Waals surface area contributed by atoms with Crippen LogP contribution in [0.4, 0.5) is 10.1 Å². The van der Waals surface area contributed by atoms with E-state index in [1.807, 2.05) is 0 Å². The lowest BCUT2D eigenvalue weighted by molar-refractivity contribution is -0.158. The van der Waals surface area contributed by atoms with E-state index in [0.717, 1.165) is 7.11 Å². The van der Waals surface area contributed by atoms with Crippen LogP contribution in [-0.2, 0) is 9.53 Å². The maximum absolute atomic E-state index is 13.5. The Morgan fingerprint density at radius 2 is 2.29 bits per heavy atom. The summed E-state index contributed by atoms with van der Waals surface area (Å²) >= 11 is 5.58. The summed E-state index contributed by atoms with van der Waals surface area (Å²) in [7, 11) is 1.16. The highest BCUT2D eigenvalue weighted by Crippen LogP contribution is 2.22. The first-order valence-corrected chi connectivity index (χ1v) is 5.25. The molecule has 0 aliphatic carbocycles. The molecule has 0 aliphatic rings. The van der Waals surface area contributed by atoms with Gasteiger partial charge >= 0.3 is 5.97 Å². The molecule has 0 aliphatic heterocycles. The number of benzene rings is 1. The quantitative estimate of drug-likeness (QED) is 0.812. The number of methoxy groups -OCH3 is 1. The molecule has 0 heterocycles. The average Bonchev–Trinajstić information content (AvgIpc) is 2.30. The average molecular weight is 262 g/mol. The number of nitrogens with one attached hydrogen (secondary N) is 1. The summed E-state index contributed by atoms with van der Waals surface area (Å²) in [4.78, 5) is 11.2. The van der Waals surface area contributed by atoms with Crippen molar-refractivity contribution in [2.75, 3.05) is 19.0 Å². The molecule has 1 atom stereocenters. The molecule has 1 unspecified atom stereocenters. The molecule has 0 saturated carbocycles. The smallest absolute Gasteiger partial charge is 0.339 e. The molecule has 1 aromatic rings. The van der Waals surface area contributed by atoms with E-state index in [1.165, 1.54) is 19.1 Å². The zero-order valence-electron chi connectivity index (χ0n) is 9.46. The maximum atomic E-state index is 13.5. The Balaban J connectivity index is 2.74. The van der Waals surface area contributed by atoms with Gasteiger partial charge in [-0.05, 0) is 19.1 Å². The highest BCUT2D eigenvalue weighted by Gasteiger charge is 2.31. The molecule has 94 valence electrons. The Hall–Kier alpha value is -1.33. The summed E-state index contributed by atoms with van der Waals surface area (Å²) in [5.74, 6) is -1.43. The molecule has 2 N–H and O–H groups in total. The lowest BCUT2D eigenvalue weighted by Gasteiger charge is -2.21. The van der Waals surface area contributed by atoms with Crippen LogP contribution in [0.5, 0.6) is 0 Å². The molecule has 0 fully saturated rings. The number of hydrogen-bond donors (Lipinski definition) is 2. The third kappa shape index (κ3) is 3.31. The van der Waals surface area contributed by atoms with Gasteiger partial charge in [0.25, 0.3) is 0 Å². The van der Waals surface area contributed by atoms with Gasteiger partial charge in [-0.1, -0.05) is 17.7 Å². The van der Waals surface area contributed by atoms with E-state index in [9.17, 15) is 14.3 Å². The predicted octanol–water partition coefficient (Wildman–Crippen LogP) is 1.81. The normalized spacial score (nSPS) is 13.9. The maximum Gasteiger partial charge on any atom is 0.339 e. The minimum Gasteiger partial charge on any atom is -0.467 e. The van der Waals surface area contributed by atoms with Gasteiger partial charge in [-0.15, -0.1) is 0 Å². The number of anilines is 1. The van der Waals surface area contributed by atoms with Crippen LogP contribution in [-0.4, -0.2) is 30.3 Å². The number of halogens is 2. The van der Waals surface area contributed by atoms with Gasteiger partial charge in [0.05, 0.1) is 24.4 Å². The Bertz CT molecular complexity index is 423. The second-order valence-corrected chi connectivity index (χ2v) is 4.13. The van der Waals surface area contributed by atoms with Crippen LogP contribution in [0, 0.1) is 5.82 Å². The first kappa shape index (κ1) is 13.7. The molecule has 17 heavy (non-hydrogen) atoms. The monoisotopic (exact) mass is 261 g/mol. The Morgan fingerprint density at radius 3 is 2.88 bits per heavy atom. The van der Waals surface area contributed by atoms with Crippen LogP contribution in [0.3, 0.4) is 0 Å². The van der Waals surface area contributed by atoms with Gasteiger partial charge in [-0.3, -0.25) is 0 Å². The van der Waals surface area contributed by atoms with Crippen molar-refractivity contribution in [2.24, 2.45) is 0 Å². The molecule has 1 rings (SSSR count). The highest BCUT2D eigenvalue weighted by atomic mass is 35.5. The van der Waals surface area contributed by atoms with Gasteiger partial charge in [0.1, 0.15) is 0 Å². The van der Waals surface area contributed by atoms with Crippen molar-refractivity contribution in [3.63, 3.8) is 0 Å². The molecule has 6 heteroatoms. The van der Waals surface area contributed by atoms with E-state index >= 15 is 0 Å². The summed E-state index contributed by atoms with van der Waals surface area (Å²) in [6.45, 7) is 1.09. The van der Waals surface area contributed by atoms with Gasteiger partial charge in [-0.2, -0.15) is 0 Å². The number of hydrogen-bond acceptors (Lipinski definition) is 4. The Kier molecular flexibility index (Phi) is 4.31. The number of esters is 1. The van der Waals surface area contributed by atoms with E-state index < -0.39 is 17.4 Å². The Labute approximate surface area is 103 Å². The summed E-state index contributed by atoms with van der Waals surface area (Å²) in [6.07, 6.45) is 0. The number of ether oxygens (including phenoxy) is 1. The second kappa shape index (κ2) is 5.33. The van der Waals surface area contributed by atoms with Crippen molar-refractivity contribution >= 4 is 23.3 Å². The van der Waals surface area contributed by atoms with E-state index in [2.05, 4.69) is 10.1 Å². The number of carbonyl (C=O) groups is 1. The second-order valence-electron chi connectivity index (χ2n) is 3.72. The topological polar surface area (TPSA) is 58.6 Å². The zero-order valence-corrected chi connectivity index (χ0v) is 10.2. The molecule has 0 aromatic heterocycles. The fourth-order valence-corrected chi connectivity index (χ4v) is 1.37. The standard InChI is InChI=1S/C11H13ClFNO3/c1-11(16,10(15)17-2)6-14-8-5-3-4-7(12)9(8)13/h3-5,14,16H,6H2,1-2H3. The van der Waals surface area contributed by atoms with E-state index in [-0.39, 0.29) is 17.3 Å². The Morgan fingerprint density at radius 1 is 1.65 bits per heavy atom. The van der Waals surface area contributed by atoms with Gasteiger partial charge in [0.15, 0.2) is 11.4 Å². The number of carbonyl (C=O) groups excluding carboxylic acids is 1. The van der Waals surface area contributed by atoms with Gasteiger partial charge in [0.2, 0.25) is 0 Å². The summed E-state index contributed by atoms with van der Waals surface area (Å²) in [5, 5.41) is 12.3. The minimum atomic E-state index is -1.73. The SMILES string of the molecule is COC(=O)C(C)(O)CNc1cccc(Cl)c1F. The molecule has 0 spiro atoms. The first-order chi connectivity index (χ1) is 7.88. The van der Waals surface area contributed by atoms with Crippen LogP contribution in [0.1, 0.15) is 6.92 Å². The van der Waals surface area contributed by atoms with Crippen molar-refractivity contribution in [1.29, 1.82) is 0 Å². The summed E-state index contributed by atoms with van der Waals surface area (Å²) in [6, 6.07) is 4.41. The van der Waals surface area contributed by atoms with Crippen molar-refractivity contribution in [2.45, 2.75) is 12.5 Å². The third-order valence-electron chi connectivity index (χ3n) is 2.20. The fourth-order valence-electron chi connectivity index (χ4n) is 1.20. The summed E-state index contributed by atoms with van der Waals surface area (Å²) < 4.78 is 17.9. The molecule has 0 bridgehead atoms. The minimum absolute atomic E-state index is 0.0345. The summed E-state index contributed by atoms with van der Waals surface area (Å²) in [5.41, 5.74) is -1.62. The highest BCUT2D eigenvalue weighted by molar-refractivity contribution is 6.31. The van der Waals surface area contributed by atoms with E-state index in [4.69, 9.17) is 11.6 Å². The fraction of sp³-hybridized carbons (Fsp3) is 0.364. The molecular weight excluding hydrogens is 249 g/mol. The molecule has 0 radical (unpaired) electrons. The van der Waals surface area contributed by atoms with Gasteiger partial charge in [-0.25, -0.2) is 9.18 Å². The number of rotatable bonds is 4.